The molecule has 5 heterocycles. The summed E-state index contributed by atoms with van der Waals surface area (Å²) in [5.74, 6) is 1.09. The Bertz CT molecular complexity index is 1480. The van der Waals surface area contributed by atoms with Crippen molar-refractivity contribution in [2.75, 3.05) is 25.1 Å². The van der Waals surface area contributed by atoms with Crippen LogP contribution in [-0.2, 0) is 17.3 Å². The summed E-state index contributed by atoms with van der Waals surface area (Å²) < 4.78 is 7.34. The van der Waals surface area contributed by atoms with E-state index < -0.39 is 11.6 Å². The predicted molar refractivity (Wildman–Crippen MR) is 137 cm³/mol. The number of aliphatic hydroxyl groups is 1. The Morgan fingerprint density at radius 3 is 2.81 bits per heavy atom. The molecule has 4 aromatic rings. The van der Waals surface area contributed by atoms with Crippen molar-refractivity contribution < 1.29 is 14.6 Å². The zero-order valence-electron chi connectivity index (χ0n) is 19.6. The topological polar surface area (TPSA) is 105 Å². The molecule has 1 saturated heterocycles. The zero-order chi connectivity index (χ0) is 25.0. The minimum absolute atomic E-state index is 0.130. The van der Waals surface area contributed by atoms with Crippen molar-refractivity contribution in [2.24, 2.45) is 7.05 Å². The van der Waals surface area contributed by atoms with Crippen LogP contribution >= 0.6 is 22.9 Å². The first-order valence-electron chi connectivity index (χ1n) is 11.4. The van der Waals surface area contributed by atoms with Crippen LogP contribution in [0.5, 0.6) is 0 Å². The standard InChI is InChI=1S/C25H23ClN6O3S/c1-14-10-27-24(29-20-6-7-28-31(20)2)30-21(14)19-9-17-22(36-19)25(12-35-13-25)32(23(17)34)18(11-33)15-4-3-5-16(26)8-15/h3-10,18,33H,11-13H2,1-2H3,(H,27,29,30)/t18-/m1/s1. The summed E-state index contributed by atoms with van der Waals surface area (Å²) in [6.45, 7) is 2.48. The van der Waals surface area contributed by atoms with Gasteiger partial charge in [-0.1, -0.05) is 23.7 Å². The van der Waals surface area contributed by atoms with Crippen molar-refractivity contribution >= 4 is 40.6 Å². The molecule has 0 aliphatic carbocycles. The maximum absolute atomic E-state index is 13.8. The number of anilines is 2. The van der Waals surface area contributed by atoms with Gasteiger partial charge in [0.25, 0.3) is 5.91 Å². The van der Waals surface area contributed by atoms with Crippen molar-refractivity contribution in [3.8, 4) is 10.6 Å². The van der Waals surface area contributed by atoms with E-state index in [0.29, 0.717) is 29.7 Å². The lowest BCUT2D eigenvalue weighted by Gasteiger charge is -2.48. The Morgan fingerprint density at radius 1 is 1.31 bits per heavy atom. The highest BCUT2D eigenvalue weighted by Gasteiger charge is 2.58. The summed E-state index contributed by atoms with van der Waals surface area (Å²) in [4.78, 5) is 26.5. The number of amides is 1. The number of ether oxygens (including phenoxy) is 1. The predicted octanol–water partition coefficient (Wildman–Crippen LogP) is 4.06. The van der Waals surface area contributed by atoms with E-state index in [2.05, 4.69) is 15.4 Å². The van der Waals surface area contributed by atoms with Crippen LogP contribution in [0.2, 0.25) is 5.02 Å². The number of hydrogen-bond acceptors (Lipinski definition) is 8. The second-order valence-corrected chi connectivity index (χ2v) is 10.5. The average Bonchev–Trinajstić information content (AvgIpc) is 3.51. The van der Waals surface area contributed by atoms with Crippen LogP contribution in [0.1, 0.15) is 32.4 Å². The van der Waals surface area contributed by atoms with Gasteiger partial charge < -0.3 is 20.1 Å². The number of halogens is 1. The second kappa shape index (κ2) is 8.67. The van der Waals surface area contributed by atoms with Gasteiger partial charge in [-0.25, -0.2) is 9.97 Å². The number of thiophene rings is 1. The van der Waals surface area contributed by atoms with Crippen LogP contribution in [0.3, 0.4) is 0 Å². The van der Waals surface area contributed by atoms with E-state index in [0.717, 1.165) is 32.4 Å². The molecule has 2 N–H and O–H groups in total. The molecular formula is C25H23ClN6O3S. The van der Waals surface area contributed by atoms with Crippen molar-refractivity contribution in [3.05, 3.63) is 75.4 Å². The summed E-state index contributed by atoms with van der Waals surface area (Å²) in [6.07, 6.45) is 3.46. The first kappa shape index (κ1) is 23.1. The van der Waals surface area contributed by atoms with Gasteiger partial charge in [-0.2, -0.15) is 5.10 Å². The van der Waals surface area contributed by atoms with Crippen molar-refractivity contribution in [1.82, 2.24) is 24.6 Å². The molecule has 2 aliphatic heterocycles. The van der Waals surface area contributed by atoms with Crippen LogP contribution in [-0.4, -0.2) is 55.5 Å². The molecular weight excluding hydrogens is 500 g/mol. The minimum atomic E-state index is -0.623. The Balaban J connectivity index is 1.38. The molecule has 1 fully saturated rings. The summed E-state index contributed by atoms with van der Waals surface area (Å²) in [7, 11) is 1.84. The third-order valence-corrected chi connectivity index (χ3v) is 8.30. The third-order valence-electron chi connectivity index (χ3n) is 6.73. The van der Waals surface area contributed by atoms with E-state index in [1.807, 2.05) is 38.2 Å². The molecule has 9 nitrogen and oxygen atoms in total. The van der Waals surface area contributed by atoms with Gasteiger partial charge in [-0.3, -0.25) is 9.48 Å². The summed E-state index contributed by atoms with van der Waals surface area (Å²) in [5.41, 5.74) is 2.45. The molecule has 1 atom stereocenters. The first-order valence-corrected chi connectivity index (χ1v) is 12.6. The van der Waals surface area contributed by atoms with E-state index >= 15 is 0 Å². The molecule has 3 aromatic heterocycles. The zero-order valence-corrected chi connectivity index (χ0v) is 21.2. The van der Waals surface area contributed by atoms with Gasteiger partial charge in [-0.05, 0) is 36.2 Å². The summed E-state index contributed by atoms with van der Waals surface area (Å²) in [5, 5.41) is 18.2. The third kappa shape index (κ3) is 3.52. The number of hydrogen-bond donors (Lipinski definition) is 2. The monoisotopic (exact) mass is 522 g/mol. The Morgan fingerprint density at radius 2 is 2.14 bits per heavy atom. The molecule has 11 heteroatoms. The van der Waals surface area contributed by atoms with Gasteiger partial charge in [0, 0.05) is 29.2 Å². The lowest BCUT2D eigenvalue weighted by molar-refractivity contribution is -0.139. The quantitative estimate of drug-likeness (QED) is 0.393. The molecule has 0 radical (unpaired) electrons. The number of nitrogens with one attached hydrogen (secondary N) is 1. The number of carbonyl (C=O) groups excluding carboxylic acids is 1. The van der Waals surface area contributed by atoms with Gasteiger partial charge in [-0.15, -0.1) is 11.3 Å². The molecule has 0 saturated carbocycles. The van der Waals surface area contributed by atoms with Gasteiger partial charge in [0.15, 0.2) is 0 Å². The molecule has 36 heavy (non-hydrogen) atoms. The van der Waals surface area contributed by atoms with Gasteiger partial charge in [0.2, 0.25) is 5.95 Å². The van der Waals surface area contributed by atoms with E-state index in [-0.39, 0.29) is 12.5 Å². The molecule has 6 rings (SSSR count). The number of carbonyl (C=O) groups is 1. The van der Waals surface area contributed by atoms with E-state index in [4.69, 9.17) is 21.3 Å². The van der Waals surface area contributed by atoms with Gasteiger partial charge >= 0.3 is 0 Å². The minimum Gasteiger partial charge on any atom is -0.394 e. The average molecular weight is 523 g/mol. The number of aryl methyl sites for hydroxylation is 2. The highest BCUT2D eigenvalue weighted by atomic mass is 35.5. The fourth-order valence-electron chi connectivity index (χ4n) is 4.86. The molecule has 1 spiro atoms. The number of rotatable bonds is 6. The number of benzene rings is 1. The molecule has 184 valence electrons. The normalized spacial score (nSPS) is 16.8. The number of nitrogens with zero attached hydrogens (tertiary/aromatic N) is 5. The smallest absolute Gasteiger partial charge is 0.256 e. The van der Waals surface area contributed by atoms with Crippen LogP contribution in [0.25, 0.3) is 10.6 Å². The summed E-state index contributed by atoms with van der Waals surface area (Å²) in [6, 6.07) is 10.5. The molecule has 1 aromatic carbocycles. The fraction of sp³-hybridized carbons (Fsp3) is 0.280. The Hall–Kier alpha value is -3.31. The largest absolute Gasteiger partial charge is 0.394 e. The Kier molecular flexibility index (Phi) is 5.56. The lowest BCUT2D eigenvalue weighted by Crippen LogP contribution is -2.58. The number of aliphatic hydroxyl groups excluding tert-OH is 1. The van der Waals surface area contributed by atoms with Crippen molar-refractivity contribution in [1.29, 1.82) is 0 Å². The first-order chi connectivity index (χ1) is 17.4. The maximum Gasteiger partial charge on any atom is 0.256 e. The number of fused-ring (bicyclic) bond motifs is 2. The SMILES string of the molecule is Cc1cnc(Nc2ccnn2C)nc1-c1cc2c(s1)C1(COC1)N([C@H](CO)c1cccc(Cl)c1)C2=O. The van der Waals surface area contributed by atoms with Crippen molar-refractivity contribution in [2.45, 2.75) is 18.5 Å². The second-order valence-electron chi connectivity index (χ2n) is 9.00. The van der Waals surface area contributed by atoms with E-state index in [9.17, 15) is 9.90 Å². The van der Waals surface area contributed by atoms with Crippen LogP contribution < -0.4 is 5.32 Å². The van der Waals surface area contributed by atoms with Crippen LogP contribution in [0, 0.1) is 6.92 Å². The summed E-state index contributed by atoms with van der Waals surface area (Å²) >= 11 is 7.76. The van der Waals surface area contributed by atoms with E-state index in [1.165, 1.54) is 11.3 Å². The maximum atomic E-state index is 13.8. The molecule has 2 aliphatic rings. The van der Waals surface area contributed by atoms with Crippen molar-refractivity contribution in [3.63, 3.8) is 0 Å². The molecule has 1 amide bonds. The van der Waals surface area contributed by atoms with Gasteiger partial charge in [0.05, 0.1) is 48.2 Å². The lowest BCUT2D eigenvalue weighted by atomic mass is 9.92. The van der Waals surface area contributed by atoms with Gasteiger partial charge in [0.1, 0.15) is 11.4 Å². The Labute approximate surface area is 216 Å². The van der Waals surface area contributed by atoms with E-state index in [1.54, 1.807) is 34.1 Å². The molecule has 0 unspecified atom stereocenters. The highest BCUT2D eigenvalue weighted by molar-refractivity contribution is 7.16. The molecule has 0 bridgehead atoms. The van der Waals surface area contributed by atoms with Crippen LogP contribution in [0.15, 0.2) is 48.8 Å². The fourth-order valence-corrected chi connectivity index (χ4v) is 6.43. The number of aromatic nitrogens is 4. The van der Waals surface area contributed by atoms with Crippen LogP contribution in [0.4, 0.5) is 11.8 Å². The highest BCUT2D eigenvalue weighted by Crippen LogP contribution is 2.53.